The number of Topliss-reactive ketones (excluding diaryl/α,β-unsaturated/α-hetero) is 1. The van der Waals surface area contributed by atoms with E-state index in [0.717, 1.165) is 11.6 Å². The van der Waals surface area contributed by atoms with Crippen LogP contribution in [0.1, 0.15) is 30.6 Å². The van der Waals surface area contributed by atoms with E-state index in [1.54, 1.807) is 6.07 Å². The number of ketones is 1. The minimum atomic E-state index is 0.0128. The van der Waals surface area contributed by atoms with Gasteiger partial charge in [-0.15, -0.1) is 0 Å². The van der Waals surface area contributed by atoms with Crippen LogP contribution in [0.15, 0.2) is 18.2 Å². The fourth-order valence-electron chi connectivity index (χ4n) is 1.71. The molecule has 1 aromatic carbocycles. The summed E-state index contributed by atoms with van der Waals surface area (Å²) < 4.78 is 0. The van der Waals surface area contributed by atoms with E-state index < -0.39 is 0 Å². The van der Waals surface area contributed by atoms with Gasteiger partial charge in [-0.1, -0.05) is 6.92 Å². The van der Waals surface area contributed by atoms with Gasteiger partial charge in [0.25, 0.3) is 0 Å². The van der Waals surface area contributed by atoms with Crippen LogP contribution in [0.5, 0.6) is 0 Å². The highest BCUT2D eigenvalue weighted by Gasteiger charge is 2.32. The average Bonchev–Trinajstić information content (AvgIpc) is 2.81. The molecule has 1 aliphatic carbocycles. The molecule has 0 amide bonds. The van der Waals surface area contributed by atoms with E-state index in [2.05, 4.69) is 12.2 Å². The van der Waals surface area contributed by atoms with Crippen molar-refractivity contribution in [3.63, 3.8) is 0 Å². The number of benzene rings is 1. The predicted octanol–water partition coefficient (Wildman–Crippen LogP) is 2.29. The van der Waals surface area contributed by atoms with Gasteiger partial charge in [-0.25, -0.2) is 0 Å². The van der Waals surface area contributed by atoms with Gasteiger partial charge < -0.3 is 11.1 Å². The lowest BCUT2D eigenvalue weighted by molar-refractivity contribution is 0.101. The molecule has 0 aliphatic heterocycles. The van der Waals surface area contributed by atoms with Crippen molar-refractivity contribution in [3.8, 4) is 0 Å². The number of rotatable bonds is 3. The third-order valence-corrected chi connectivity index (χ3v) is 2.89. The largest absolute Gasteiger partial charge is 0.398 e. The Hall–Kier alpha value is -1.51. The van der Waals surface area contributed by atoms with Crippen LogP contribution < -0.4 is 11.1 Å². The lowest BCUT2D eigenvalue weighted by Crippen LogP contribution is -2.05. The van der Waals surface area contributed by atoms with E-state index in [0.29, 0.717) is 17.3 Å². The molecule has 2 rings (SSSR count). The highest BCUT2D eigenvalue weighted by molar-refractivity contribution is 5.99. The van der Waals surface area contributed by atoms with Crippen LogP contribution in [-0.4, -0.2) is 11.8 Å². The van der Waals surface area contributed by atoms with Crippen LogP contribution in [0.3, 0.4) is 0 Å². The summed E-state index contributed by atoms with van der Waals surface area (Å²) in [4.78, 5) is 11.2. The molecule has 0 saturated heterocycles. The first-order valence-corrected chi connectivity index (χ1v) is 5.25. The second-order valence-electron chi connectivity index (χ2n) is 4.32. The molecule has 1 aromatic rings. The molecule has 0 heterocycles. The molecule has 0 spiro atoms. The van der Waals surface area contributed by atoms with E-state index in [9.17, 15) is 4.79 Å². The third-order valence-electron chi connectivity index (χ3n) is 2.89. The number of carbonyl (C=O) groups is 1. The van der Waals surface area contributed by atoms with Gasteiger partial charge in [-0.05, 0) is 37.5 Å². The molecule has 15 heavy (non-hydrogen) atoms. The summed E-state index contributed by atoms with van der Waals surface area (Å²) in [6.07, 6.45) is 1.22. The van der Waals surface area contributed by atoms with Gasteiger partial charge in [-0.2, -0.15) is 0 Å². The minimum absolute atomic E-state index is 0.0128. The van der Waals surface area contributed by atoms with Crippen LogP contribution in [0.2, 0.25) is 0 Å². The SMILES string of the molecule is CC(=O)c1ccc(NC2CC2C)cc1N. The predicted molar refractivity (Wildman–Crippen MR) is 62.1 cm³/mol. The molecule has 1 fully saturated rings. The van der Waals surface area contributed by atoms with Gasteiger partial charge in [0, 0.05) is 23.0 Å². The lowest BCUT2D eigenvalue weighted by atomic mass is 10.1. The van der Waals surface area contributed by atoms with Crippen molar-refractivity contribution in [2.75, 3.05) is 11.1 Å². The van der Waals surface area contributed by atoms with Crippen molar-refractivity contribution in [2.45, 2.75) is 26.3 Å². The standard InChI is InChI=1S/C12H16N2O/c1-7-5-12(7)14-9-3-4-10(8(2)15)11(13)6-9/h3-4,6-7,12,14H,5,13H2,1-2H3. The van der Waals surface area contributed by atoms with Crippen LogP contribution in [0.25, 0.3) is 0 Å². The Morgan fingerprint density at radius 1 is 1.53 bits per heavy atom. The zero-order valence-electron chi connectivity index (χ0n) is 9.08. The summed E-state index contributed by atoms with van der Waals surface area (Å²) in [6, 6.07) is 6.11. The zero-order chi connectivity index (χ0) is 11.0. The molecule has 3 N–H and O–H groups in total. The molecule has 3 heteroatoms. The summed E-state index contributed by atoms with van der Waals surface area (Å²) >= 11 is 0. The van der Waals surface area contributed by atoms with E-state index in [1.165, 1.54) is 13.3 Å². The summed E-state index contributed by atoms with van der Waals surface area (Å²) in [5.74, 6) is 0.762. The molecule has 2 atom stereocenters. The third kappa shape index (κ3) is 2.12. The molecular formula is C12H16N2O. The molecule has 0 radical (unpaired) electrons. The molecule has 1 saturated carbocycles. The van der Waals surface area contributed by atoms with Gasteiger partial charge in [-0.3, -0.25) is 4.79 Å². The molecule has 0 aromatic heterocycles. The fraction of sp³-hybridized carbons (Fsp3) is 0.417. The number of nitrogens with one attached hydrogen (secondary N) is 1. The van der Waals surface area contributed by atoms with Crippen molar-refractivity contribution in [1.29, 1.82) is 0 Å². The van der Waals surface area contributed by atoms with E-state index in [-0.39, 0.29) is 5.78 Å². The average molecular weight is 204 g/mol. The Kier molecular flexibility index (Phi) is 2.39. The van der Waals surface area contributed by atoms with Gasteiger partial charge in [0.1, 0.15) is 0 Å². The summed E-state index contributed by atoms with van der Waals surface area (Å²) in [7, 11) is 0. The van der Waals surface area contributed by atoms with Crippen LogP contribution >= 0.6 is 0 Å². The number of carbonyl (C=O) groups excluding carboxylic acids is 1. The Balaban J connectivity index is 2.14. The second-order valence-corrected chi connectivity index (χ2v) is 4.32. The Morgan fingerprint density at radius 2 is 2.20 bits per heavy atom. The first-order valence-electron chi connectivity index (χ1n) is 5.25. The van der Waals surface area contributed by atoms with Crippen LogP contribution in [-0.2, 0) is 0 Å². The van der Waals surface area contributed by atoms with Gasteiger partial charge >= 0.3 is 0 Å². The van der Waals surface area contributed by atoms with Gasteiger partial charge in [0.15, 0.2) is 5.78 Å². The quantitative estimate of drug-likeness (QED) is 0.586. The first-order chi connectivity index (χ1) is 7.08. The monoisotopic (exact) mass is 204 g/mol. The summed E-state index contributed by atoms with van der Waals surface area (Å²) in [5.41, 5.74) is 7.96. The molecule has 2 unspecified atom stereocenters. The minimum Gasteiger partial charge on any atom is -0.398 e. The van der Waals surface area contributed by atoms with Gasteiger partial charge in [0.2, 0.25) is 0 Å². The second kappa shape index (κ2) is 3.57. The van der Waals surface area contributed by atoms with Crippen molar-refractivity contribution in [2.24, 2.45) is 5.92 Å². The fourth-order valence-corrected chi connectivity index (χ4v) is 1.71. The van der Waals surface area contributed by atoms with Crippen molar-refractivity contribution >= 4 is 17.2 Å². The maximum absolute atomic E-state index is 11.2. The molecule has 0 bridgehead atoms. The maximum atomic E-state index is 11.2. The Morgan fingerprint density at radius 3 is 2.67 bits per heavy atom. The van der Waals surface area contributed by atoms with E-state index in [4.69, 9.17) is 5.73 Å². The number of anilines is 2. The van der Waals surface area contributed by atoms with Crippen molar-refractivity contribution in [3.05, 3.63) is 23.8 Å². The van der Waals surface area contributed by atoms with Crippen LogP contribution in [0.4, 0.5) is 11.4 Å². The van der Waals surface area contributed by atoms with Crippen LogP contribution in [0, 0.1) is 5.92 Å². The number of nitrogens with two attached hydrogens (primary N) is 1. The normalized spacial score (nSPS) is 23.6. The number of nitrogen functional groups attached to an aromatic ring is 1. The van der Waals surface area contributed by atoms with E-state index >= 15 is 0 Å². The van der Waals surface area contributed by atoms with Crippen molar-refractivity contribution < 1.29 is 4.79 Å². The Bertz CT molecular complexity index is 401. The van der Waals surface area contributed by atoms with Gasteiger partial charge in [0.05, 0.1) is 0 Å². The molecule has 3 nitrogen and oxygen atoms in total. The number of hydrogen-bond acceptors (Lipinski definition) is 3. The maximum Gasteiger partial charge on any atom is 0.161 e. The highest BCUT2D eigenvalue weighted by atomic mass is 16.1. The summed E-state index contributed by atoms with van der Waals surface area (Å²) in [5, 5.41) is 3.38. The highest BCUT2D eigenvalue weighted by Crippen LogP contribution is 2.33. The topological polar surface area (TPSA) is 55.1 Å². The summed E-state index contributed by atoms with van der Waals surface area (Å²) in [6.45, 7) is 3.74. The lowest BCUT2D eigenvalue weighted by Gasteiger charge is -2.08. The molecular weight excluding hydrogens is 188 g/mol. The van der Waals surface area contributed by atoms with Crippen molar-refractivity contribution in [1.82, 2.24) is 0 Å². The first kappa shape index (κ1) is 10.0. The molecule has 80 valence electrons. The van der Waals surface area contributed by atoms with E-state index in [1.807, 2.05) is 12.1 Å². The smallest absolute Gasteiger partial charge is 0.161 e. The molecule has 1 aliphatic rings. The number of hydrogen-bond donors (Lipinski definition) is 2. The Labute approximate surface area is 89.7 Å². The zero-order valence-corrected chi connectivity index (χ0v) is 9.08.